The van der Waals surface area contributed by atoms with Crippen LogP contribution in [0, 0.1) is 5.92 Å². The third-order valence-electron chi connectivity index (χ3n) is 3.49. The molecule has 1 rings (SSSR count). The summed E-state index contributed by atoms with van der Waals surface area (Å²) < 4.78 is 10.4. The Labute approximate surface area is 112 Å². The first-order chi connectivity index (χ1) is 8.67. The summed E-state index contributed by atoms with van der Waals surface area (Å²) in [7, 11) is 3.53. The van der Waals surface area contributed by atoms with Crippen LogP contribution in [0.25, 0.3) is 0 Å². The summed E-state index contributed by atoms with van der Waals surface area (Å²) in [6.07, 6.45) is 2.72. The van der Waals surface area contributed by atoms with E-state index in [9.17, 15) is 0 Å². The van der Waals surface area contributed by atoms with Gasteiger partial charge in [-0.05, 0) is 32.2 Å². The molecule has 1 saturated carbocycles. The number of nitrogens with zero attached hydrogens (tertiary/aromatic N) is 1. The van der Waals surface area contributed by atoms with Crippen molar-refractivity contribution < 1.29 is 9.47 Å². The van der Waals surface area contributed by atoms with Gasteiger partial charge in [0.1, 0.15) is 0 Å². The van der Waals surface area contributed by atoms with Crippen LogP contribution in [0.4, 0.5) is 0 Å². The molecule has 0 spiro atoms. The van der Waals surface area contributed by atoms with Crippen molar-refractivity contribution in [1.29, 1.82) is 0 Å². The summed E-state index contributed by atoms with van der Waals surface area (Å²) in [5, 5.41) is 3.60. The first-order valence-electron chi connectivity index (χ1n) is 7.12. The molecule has 0 bridgehead atoms. The van der Waals surface area contributed by atoms with E-state index in [2.05, 4.69) is 24.1 Å². The van der Waals surface area contributed by atoms with Crippen molar-refractivity contribution in [3.05, 3.63) is 0 Å². The summed E-state index contributed by atoms with van der Waals surface area (Å²) in [5.41, 5.74) is 0. The van der Waals surface area contributed by atoms with Crippen LogP contribution in [0.3, 0.4) is 0 Å². The van der Waals surface area contributed by atoms with Gasteiger partial charge in [0.05, 0.1) is 13.2 Å². The van der Waals surface area contributed by atoms with Gasteiger partial charge in [0.25, 0.3) is 0 Å². The third kappa shape index (κ3) is 6.69. The first kappa shape index (κ1) is 15.9. The summed E-state index contributed by atoms with van der Waals surface area (Å²) >= 11 is 0. The van der Waals surface area contributed by atoms with Crippen LogP contribution in [-0.2, 0) is 9.47 Å². The molecule has 0 heterocycles. The number of hydrogen-bond acceptors (Lipinski definition) is 4. The van der Waals surface area contributed by atoms with E-state index in [1.165, 1.54) is 12.8 Å². The summed E-state index contributed by atoms with van der Waals surface area (Å²) in [6.45, 7) is 9.31. The van der Waals surface area contributed by atoms with Gasteiger partial charge in [-0.3, -0.25) is 4.90 Å². The van der Waals surface area contributed by atoms with Gasteiger partial charge in [-0.15, -0.1) is 0 Å². The zero-order valence-corrected chi connectivity index (χ0v) is 12.4. The molecule has 1 fully saturated rings. The Morgan fingerprint density at radius 2 is 1.94 bits per heavy atom. The van der Waals surface area contributed by atoms with Crippen LogP contribution in [0.1, 0.15) is 26.7 Å². The van der Waals surface area contributed by atoms with Crippen LogP contribution >= 0.6 is 0 Å². The van der Waals surface area contributed by atoms with Gasteiger partial charge in [0.2, 0.25) is 0 Å². The zero-order chi connectivity index (χ0) is 13.4. The molecule has 4 heteroatoms. The highest BCUT2D eigenvalue weighted by Gasteiger charge is 2.22. The SMILES string of the molecule is COCCN(CC(C)CNC1CC1)C(C)COC. The Morgan fingerprint density at radius 1 is 1.22 bits per heavy atom. The molecule has 108 valence electrons. The molecule has 2 atom stereocenters. The fourth-order valence-electron chi connectivity index (χ4n) is 2.17. The molecule has 0 aromatic heterocycles. The second-order valence-electron chi connectivity index (χ2n) is 5.58. The molecule has 0 radical (unpaired) electrons. The minimum absolute atomic E-state index is 0.452. The Balaban J connectivity index is 2.27. The molecule has 0 aromatic rings. The standard InChI is InChI=1S/C14H30N2O2/c1-12(9-15-14-5-6-14)10-16(7-8-17-3)13(2)11-18-4/h12-15H,5-11H2,1-4H3. The minimum atomic E-state index is 0.452. The lowest BCUT2D eigenvalue weighted by Gasteiger charge is -2.31. The minimum Gasteiger partial charge on any atom is -0.383 e. The fraction of sp³-hybridized carbons (Fsp3) is 1.00. The average Bonchev–Trinajstić information content (AvgIpc) is 3.16. The van der Waals surface area contributed by atoms with Gasteiger partial charge in [-0.1, -0.05) is 6.92 Å². The maximum Gasteiger partial charge on any atom is 0.0615 e. The summed E-state index contributed by atoms with van der Waals surface area (Å²) in [6, 6.07) is 1.25. The molecular weight excluding hydrogens is 228 g/mol. The Hall–Kier alpha value is -0.160. The first-order valence-corrected chi connectivity index (χ1v) is 7.12. The van der Waals surface area contributed by atoms with Gasteiger partial charge in [0, 0.05) is 39.4 Å². The quantitative estimate of drug-likeness (QED) is 0.607. The summed E-state index contributed by atoms with van der Waals surface area (Å²) in [5.74, 6) is 0.668. The lowest BCUT2D eigenvalue weighted by molar-refractivity contribution is 0.0664. The maximum absolute atomic E-state index is 5.26. The number of ether oxygens (including phenoxy) is 2. The monoisotopic (exact) mass is 258 g/mol. The maximum atomic E-state index is 5.26. The van der Waals surface area contributed by atoms with Gasteiger partial charge in [0.15, 0.2) is 0 Å². The van der Waals surface area contributed by atoms with Gasteiger partial charge < -0.3 is 14.8 Å². The molecule has 0 amide bonds. The van der Waals surface area contributed by atoms with Crippen molar-refractivity contribution in [2.45, 2.75) is 38.8 Å². The van der Waals surface area contributed by atoms with Crippen molar-refractivity contribution in [1.82, 2.24) is 10.2 Å². The van der Waals surface area contributed by atoms with E-state index in [0.29, 0.717) is 12.0 Å². The van der Waals surface area contributed by atoms with Crippen molar-refractivity contribution in [2.24, 2.45) is 5.92 Å². The van der Waals surface area contributed by atoms with E-state index in [0.717, 1.165) is 38.9 Å². The number of methoxy groups -OCH3 is 2. The predicted octanol–water partition coefficient (Wildman–Crippen LogP) is 1.36. The molecule has 1 aliphatic carbocycles. The second kappa shape index (κ2) is 8.86. The van der Waals surface area contributed by atoms with Crippen LogP contribution < -0.4 is 5.32 Å². The molecule has 0 saturated heterocycles. The van der Waals surface area contributed by atoms with E-state index in [4.69, 9.17) is 9.47 Å². The normalized spacial score (nSPS) is 19.2. The lowest BCUT2D eigenvalue weighted by Crippen LogP contribution is -2.43. The molecular formula is C14H30N2O2. The number of nitrogens with one attached hydrogen (secondary N) is 1. The molecule has 0 aromatic carbocycles. The fourth-order valence-corrected chi connectivity index (χ4v) is 2.17. The third-order valence-corrected chi connectivity index (χ3v) is 3.49. The highest BCUT2D eigenvalue weighted by molar-refractivity contribution is 4.82. The van der Waals surface area contributed by atoms with E-state index < -0.39 is 0 Å². The molecule has 18 heavy (non-hydrogen) atoms. The topological polar surface area (TPSA) is 33.7 Å². The van der Waals surface area contributed by atoms with Crippen LogP contribution in [0.15, 0.2) is 0 Å². The van der Waals surface area contributed by atoms with Crippen LogP contribution in [0.5, 0.6) is 0 Å². The average molecular weight is 258 g/mol. The zero-order valence-electron chi connectivity index (χ0n) is 12.4. The molecule has 0 aliphatic heterocycles. The smallest absolute Gasteiger partial charge is 0.0615 e. The molecule has 2 unspecified atom stereocenters. The van der Waals surface area contributed by atoms with Gasteiger partial charge in [-0.25, -0.2) is 0 Å². The van der Waals surface area contributed by atoms with Crippen molar-refractivity contribution in [2.75, 3.05) is 47.1 Å². The molecule has 1 N–H and O–H groups in total. The Morgan fingerprint density at radius 3 is 2.50 bits per heavy atom. The largest absolute Gasteiger partial charge is 0.383 e. The second-order valence-corrected chi connectivity index (χ2v) is 5.58. The predicted molar refractivity (Wildman–Crippen MR) is 75.0 cm³/mol. The van der Waals surface area contributed by atoms with Crippen molar-refractivity contribution in [3.8, 4) is 0 Å². The van der Waals surface area contributed by atoms with Crippen LogP contribution in [0.2, 0.25) is 0 Å². The van der Waals surface area contributed by atoms with Crippen molar-refractivity contribution >= 4 is 0 Å². The Bertz CT molecular complexity index is 210. The van der Waals surface area contributed by atoms with E-state index in [1.54, 1.807) is 14.2 Å². The lowest BCUT2D eigenvalue weighted by atomic mass is 10.1. The Kier molecular flexibility index (Phi) is 7.82. The van der Waals surface area contributed by atoms with Crippen molar-refractivity contribution in [3.63, 3.8) is 0 Å². The van der Waals surface area contributed by atoms with E-state index >= 15 is 0 Å². The van der Waals surface area contributed by atoms with Crippen LogP contribution in [-0.4, -0.2) is 64.1 Å². The molecule has 1 aliphatic rings. The molecule has 4 nitrogen and oxygen atoms in total. The van der Waals surface area contributed by atoms with Gasteiger partial charge in [-0.2, -0.15) is 0 Å². The van der Waals surface area contributed by atoms with E-state index in [1.807, 2.05) is 0 Å². The van der Waals surface area contributed by atoms with E-state index in [-0.39, 0.29) is 0 Å². The highest BCUT2D eigenvalue weighted by atomic mass is 16.5. The highest BCUT2D eigenvalue weighted by Crippen LogP contribution is 2.19. The number of hydrogen-bond donors (Lipinski definition) is 1. The summed E-state index contributed by atoms with van der Waals surface area (Å²) in [4.78, 5) is 2.46. The number of rotatable bonds is 11. The van der Waals surface area contributed by atoms with Gasteiger partial charge >= 0.3 is 0 Å².